The number of benzene rings is 1. The molecule has 1 N–H and O–H groups in total. The van der Waals surface area contributed by atoms with Gasteiger partial charge in [-0.15, -0.1) is 0 Å². The Labute approximate surface area is 194 Å². The van der Waals surface area contributed by atoms with Crippen molar-refractivity contribution in [3.63, 3.8) is 0 Å². The topological polar surface area (TPSA) is 68.3 Å². The molecule has 6 heteroatoms. The predicted octanol–water partition coefficient (Wildman–Crippen LogP) is 5.30. The summed E-state index contributed by atoms with van der Waals surface area (Å²) >= 11 is 0. The van der Waals surface area contributed by atoms with Gasteiger partial charge in [-0.25, -0.2) is 9.37 Å². The van der Waals surface area contributed by atoms with Crippen LogP contribution in [-0.2, 0) is 16.0 Å². The highest BCUT2D eigenvalue weighted by atomic mass is 19.1. The fourth-order valence-electron chi connectivity index (χ4n) is 7.03. The lowest BCUT2D eigenvalue weighted by molar-refractivity contribution is -0.129. The molecule has 3 aliphatic rings. The maximum Gasteiger partial charge on any atom is 0.225 e. The van der Waals surface area contributed by atoms with Gasteiger partial charge in [0.15, 0.2) is 0 Å². The van der Waals surface area contributed by atoms with Gasteiger partial charge in [-0.1, -0.05) is 19.1 Å². The lowest BCUT2D eigenvalue weighted by Crippen LogP contribution is -2.44. The molecule has 5 atom stereocenters. The number of methoxy groups -OCH3 is 1. The number of carbonyl (C=O) groups excluding carboxylic acids is 2. The molecule has 0 saturated heterocycles. The molecule has 1 heterocycles. The first-order valence-electron chi connectivity index (χ1n) is 12.0. The quantitative estimate of drug-likeness (QED) is 0.671. The molecule has 0 radical (unpaired) electrons. The Morgan fingerprint density at radius 3 is 2.97 bits per heavy atom. The standard InChI is InChI=1S/C27H31FN2O3/c1-27-12-10-19-18-4-3-5-22(28)20(18)7-8-21(19)26(27)16(14-23(27)31)6-9-25(32)30-24-15-17(33-2)11-13-29-24/h3-5,11,13,15-16,19,21,26H,6-10,12,14H2,1-2H3,(H,29,30,32)/t16-,19?,21?,26?,27-/m1/s1. The van der Waals surface area contributed by atoms with Gasteiger partial charge in [0, 0.05) is 30.5 Å². The van der Waals surface area contributed by atoms with Crippen molar-refractivity contribution < 1.29 is 18.7 Å². The van der Waals surface area contributed by atoms with Crippen LogP contribution in [0.2, 0.25) is 0 Å². The Balaban J connectivity index is 1.32. The molecule has 0 spiro atoms. The summed E-state index contributed by atoms with van der Waals surface area (Å²) in [7, 11) is 1.57. The third-order valence-corrected chi connectivity index (χ3v) is 8.54. The second-order valence-electron chi connectivity index (χ2n) is 10.2. The second-order valence-corrected chi connectivity index (χ2v) is 10.2. The normalized spacial score (nSPS) is 30.2. The molecule has 2 saturated carbocycles. The van der Waals surface area contributed by atoms with Gasteiger partial charge < -0.3 is 10.1 Å². The minimum atomic E-state index is -0.318. The molecule has 2 fully saturated rings. The van der Waals surface area contributed by atoms with Crippen molar-refractivity contribution in [3.05, 3.63) is 53.5 Å². The van der Waals surface area contributed by atoms with Crippen LogP contribution in [0.4, 0.5) is 10.2 Å². The Bertz CT molecular complexity index is 1090. The summed E-state index contributed by atoms with van der Waals surface area (Å²) in [4.78, 5) is 30.0. The van der Waals surface area contributed by atoms with E-state index in [2.05, 4.69) is 23.3 Å². The largest absolute Gasteiger partial charge is 0.497 e. The monoisotopic (exact) mass is 450 g/mol. The van der Waals surface area contributed by atoms with Crippen LogP contribution < -0.4 is 10.1 Å². The van der Waals surface area contributed by atoms with Gasteiger partial charge in [-0.05, 0) is 79.0 Å². The number of nitrogens with one attached hydrogen (secondary N) is 1. The first kappa shape index (κ1) is 22.1. The number of rotatable bonds is 5. The van der Waals surface area contributed by atoms with E-state index in [0.29, 0.717) is 48.4 Å². The molecule has 33 heavy (non-hydrogen) atoms. The minimum Gasteiger partial charge on any atom is -0.497 e. The molecule has 2 aromatic rings. The van der Waals surface area contributed by atoms with E-state index in [9.17, 15) is 14.0 Å². The fraction of sp³-hybridized carbons (Fsp3) is 0.519. The van der Waals surface area contributed by atoms with Crippen molar-refractivity contribution in [1.82, 2.24) is 4.98 Å². The number of halogens is 1. The van der Waals surface area contributed by atoms with Gasteiger partial charge >= 0.3 is 0 Å². The van der Waals surface area contributed by atoms with E-state index in [4.69, 9.17) is 4.74 Å². The number of Topliss-reactive ketones (excluding diaryl/α,β-unsaturated/α-hetero) is 1. The Kier molecular flexibility index (Phi) is 5.71. The number of ketones is 1. The zero-order valence-electron chi connectivity index (χ0n) is 19.3. The van der Waals surface area contributed by atoms with Crippen LogP contribution in [0.1, 0.15) is 62.5 Å². The number of carbonyl (C=O) groups is 2. The van der Waals surface area contributed by atoms with Crippen LogP contribution in [0.15, 0.2) is 36.5 Å². The maximum atomic E-state index is 14.4. The van der Waals surface area contributed by atoms with E-state index in [1.165, 1.54) is 0 Å². The van der Waals surface area contributed by atoms with Crippen LogP contribution in [-0.4, -0.2) is 23.8 Å². The summed E-state index contributed by atoms with van der Waals surface area (Å²) in [5.41, 5.74) is 1.70. The van der Waals surface area contributed by atoms with E-state index in [-0.39, 0.29) is 29.0 Å². The molecule has 1 aromatic carbocycles. The van der Waals surface area contributed by atoms with Crippen LogP contribution in [0.3, 0.4) is 0 Å². The van der Waals surface area contributed by atoms with Gasteiger partial charge in [-0.3, -0.25) is 9.59 Å². The molecule has 0 bridgehead atoms. The third-order valence-electron chi connectivity index (χ3n) is 8.54. The van der Waals surface area contributed by atoms with Crippen LogP contribution in [0.5, 0.6) is 5.75 Å². The average molecular weight is 451 g/mol. The number of hydrogen-bond donors (Lipinski definition) is 1. The Hall–Kier alpha value is -2.76. The predicted molar refractivity (Wildman–Crippen MR) is 124 cm³/mol. The van der Waals surface area contributed by atoms with E-state index < -0.39 is 0 Å². The molecular formula is C27H31FN2O3. The van der Waals surface area contributed by atoms with Crippen molar-refractivity contribution >= 4 is 17.5 Å². The van der Waals surface area contributed by atoms with Crippen molar-refractivity contribution in [2.75, 3.05) is 12.4 Å². The fourth-order valence-corrected chi connectivity index (χ4v) is 7.03. The number of nitrogens with zero attached hydrogens (tertiary/aromatic N) is 1. The highest BCUT2D eigenvalue weighted by Crippen LogP contribution is 2.62. The third kappa shape index (κ3) is 3.83. The lowest BCUT2D eigenvalue weighted by Gasteiger charge is -2.50. The number of ether oxygens (including phenoxy) is 1. The van der Waals surface area contributed by atoms with Crippen LogP contribution >= 0.6 is 0 Å². The van der Waals surface area contributed by atoms with Crippen LogP contribution in [0.25, 0.3) is 0 Å². The molecule has 0 aliphatic heterocycles. The zero-order valence-corrected chi connectivity index (χ0v) is 19.3. The van der Waals surface area contributed by atoms with Crippen molar-refractivity contribution in [2.24, 2.45) is 23.2 Å². The van der Waals surface area contributed by atoms with E-state index >= 15 is 0 Å². The number of pyridine rings is 1. The van der Waals surface area contributed by atoms with E-state index in [0.717, 1.165) is 36.8 Å². The molecule has 1 amide bonds. The smallest absolute Gasteiger partial charge is 0.225 e. The molecule has 3 unspecified atom stereocenters. The Morgan fingerprint density at radius 1 is 1.30 bits per heavy atom. The summed E-state index contributed by atoms with van der Waals surface area (Å²) < 4.78 is 19.6. The molecule has 174 valence electrons. The summed E-state index contributed by atoms with van der Waals surface area (Å²) in [5, 5.41) is 2.85. The van der Waals surface area contributed by atoms with Gasteiger partial charge in [0.1, 0.15) is 23.2 Å². The molecular weight excluding hydrogens is 419 g/mol. The van der Waals surface area contributed by atoms with Crippen molar-refractivity contribution in [1.29, 1.82) is 0 Å². The molecule has 5 rings (SSSR count). The second kappa shape index (κ2) is 8.54. The summed E-state index contributed by atoms with van der Waals surface area (Å²) in [6, 6.07) is 8.88. The van der Waals surface area contributed by atoms with Gasteiger partial charge in [0.2, 0.25) is 5.91 Å². The highest BCUT2D eigenvalue weighted by molar-refractivity contribution is 5.90. The molecule has 3 aliphatic carbocycles. The lowest BCUT2D eigenvalue weighted by atomic mass is 9.54. The van der Waals surface area contributed by atoms with Crippen LogP contribution in [0, 0.1) is 29.0 Å². The summed E-state index contributed by atoms with van der Waals surface area (Å²) in [6.07, 6.45) is 6.62. The Morgan fingerprint density at radius 2 is 2.15 bits per heavy atom. The maximum absolute atomic E-state index is 14.4. The highest BCUT2D eigenvalue weighted by Gasteiger charge is 2.58. The first-order chi connectivity index (χ1) is 15.9. The number of fused-ring (bicyclic) bond motifs is 5. The average Bonchev–Trinajstić information content (AvgIpc) is 3.08. The van der Waals surface area contributed by atoms with E-state index in [1.54, 1.807) is 31.5 Å². The summed E-state index contributed by atoms with van der Waals surface area (Å²) in [6.45, 7) is 2.14. The van der Waals surface area contributed by atoms with Gasteiger partial charge in [-0.2, -0.15) is 0 Å². The zero-order chi connectivity index (χ0) is 23.2. The van der Waals surface area contributed by atoms with E-state index in [1.807, 2.05) is 6.07 Å². The van der Waals surface area contributed by atoms with Gasteiger partial charge in [0.05, 0.1) is 7.11 Å². The first-order valence-corrected chi connectivity index (χ1v) is 12.0. The minimum absolute atomic E-state index is 0.0962. The summed E-state index contributed by atoms with van der Waals surface area (Å²) in [5.74, 6) is 2.38. The number of amides is 1. The molecule has 1 aromatic heterocycles. The number of anilines is 1. The van der Waals surface area contributed by atoms with Crippen molar-refractivity contribution in [2.45, 2.75) is 57.8 Å². The SMILES string of the molecule is COc1ccnc(NC(=O)CC[C@@H]2CC(=O)[C@@]3(C)CCC4c5cccc(F)c5CCC4C23)c1. The molecule has 5 nitrogen and oxygen atoms in total. The number of aromatic nitrogens is 1. The number of hydrogen-bond acceptors (Lipinski definition) is 4. The van der Waals surface area contributed by atoms with Crippen molar-refractivity contribution in [3.8, 4) is 5.75 Å². The van der Waals surface area contributed by atoms with Gasteiger partial charge in [0.25, 0.3) is 0 Å².